The Morgan fingerprint density at radius 2 is 1.67 bits per heavy atom. The van der Waals surface area contributed by atoms with Gasteiger partial charge in [-0.25, -0.2) is 4.68 Å². The van der Waals surface area contributed by atoms with Gasteiger partial charge in [-0.05, 0) is 94.7 Å². The summed E-state index contributed by atoms with van der Waals surface area (Å²) in [7, 11) is 0. The highest BCUT2D eigenvalue weighted by molar-refractivity contribution is 6.00. The van der Waals surface area contributed by atoms with Crippen molar-refractivity contribution in [1.82, 2.24) is 34.6 Å². The highest BCUT2D eigenvalue weighted by atomic mass is 19.4. The molecule has 254 valence electrons. The van der Waals surface area contributed by atoms with E-state index in [1.54, 1.807) is 30.3 Å². The fourth-order valence-corrected chi connectivity index (χ4v) is 7.28. The second kappa shape index (κ2) is 13.2. The molecule has 6 rings (SSSR count). The van der Waals surface area contributed by atoms with Gasteiger partial charge in [0.15, 0.2) is 0 Å². The molecule has 0 spiro atoms. The van der Waals surface area contributed by atoms with Crippen LogP contribution < -0.4 is 0 Å². The number of carbonyl (C=O) groups excluding carboxylic acids is 2. The third-order valence-corrected chi connectivity index (χ3v) is 10.4. The summed E-state index contributed by atoms with van der Waals surface area (Å²) in [6.07, 6.45) is 1.41. The number of aromatic nitrogens is 5. The minimum absolute atomic E-state index is 0.125. The Bertz CT molecular complexity index is 1800. The highest BCUT2D eigenvalue weighted by Crippen LogP contribution is 2.38. The molecule has 2 aliphatic rings. The number of likely N-dealkylation sites (tertiary alicyclic amines) is 2. The Labute approximate surface area is 278 Å². The number of hydrogen-bond donors (Lipinski definition) is 0. The third kappa shape index (κ3) is 6.61. The van der Waals surface area contributed by atoms with Crippen molar-refractivity contribution in [3.05, 3.63) is 99.6 Å². The summed E-state index contributed by atoms with van der Waals surface area (Å²) in [6, 6.07) is 12.3. The molecule has 2 aliphatic heterocycles. The minimum atomic E-state index is -4.43. The fourth-order valence-electron chi connectivity index (χ4n) is 7.28. The van der Waals surface area contributed by atoms with Crippen LogP contribution in [0, 0.1) is 20.8 Å². The number of alkyl halides is 3. The number of rotatable bonds is 8. The second-order valence-corrected chi connectivity index (χ2v) is 13.3. The molecule has 4 aromatic rings. The maximum atomic E-state index is 13.9. The quantitative estimate of drug-likeness (QED) is 0.213. The van der Waals surface area contributed by atoms with Gasteiger partial charge in [-0.2, -0.15) is 18.3 Å². The average Bonchev–Trinajstić information content (AvgIpc) is 3.79. The molecule has 1 unspecified atom stereocenters. The van der Waals surface area contributed by atoms with Crippen molar-refractivity contribution in [3.63, 3.8) is 0 Å². The van der Waals surface area contributed by atoms with Crippen molar-refractivity contribution in [2.24, 2.45) is 0 Å². The predicted octanol–water partition coefficient (Wildman–Crippen LogP) is 6.57. The number of piperidine rings is 1. The molecular weight excluding hydrogens is 619 g/mol. The largest absolute Gasteiger partial charge is 0.416 e. The molecule has 0 bridgehead atoms. The molecule has 2 saturated heterocycles. The van der Waals surface area contributed by atoms with E-state index < -0.39 is 17.3 Å². The van der Waals surface area contributed by atoms with E-state index in [0.29, 0.717) is 62.1 Å². The van der Waals surface area contributed by atoms with Crippen molar-refractivity contribution in [1.29, 1.82) is 0 Å². The topological polar surface area (TPSA) is 89.2 Å². The van der Waals surface area contributed by atoms with Crippen molar-refractivity contribution >= 4 is 11.8 Å². The zero-order valence-corrected chi connectivity index (χ0v) is 27.9. The first-order valence-electron chi connectivity index (χ1n) is 16.7. The van der Waals surface area contributed by atoms with E-state index >= 15 is 0 Å². The van der Waals surface area contributed by atoms with Gasteiger partial charge in [0.25, 0.3) is 11.8 Å². The maximum Gasteiger partial charge on any atom is 0.416 e. The van der Waals surface area contributed by atoms with Gasteiger partial charge in [0, 0.05) is 42.0 Å². The van der Waals surface area contributed by atoms with Gasteiger partial charge < -0.3 is 9.80 Å². The van der Waals surface area contributed by atoms with Crippen molar-refractivity contribution in [2.75, 3.05) is 19.6 Å². The Morgan fingerprint density at radius 1 is 0.958 bits per heavy atom. The molecule has 4 heterocycles. The van der Waals surface area contributed by atoms with Crippen LogP contribution in [0.15, 0.2) is 54.7 Å². The molecule has 12 heteroatoms. The number of halogens is 3. The van der Waals surface area contributed by atoms with Crippen molar-refractivity contribution in [2.45, 2.75) is 90.5 Å². The van der Waals surface area contributed by atoms with E-state index in [4.69, 9.17) is 0 Å². The predicted molar refractivity (Wildman–Crippen MR) is 175 cm³/mol. The summed E-state index contributed by atoms with van der Waals surface area (Å²) in [4.78, 5) is 31.2. The molecule has 2 aromatic carbocycles. The fraction of sp³-hybridized carbons (Fsp3) is 0.472. The van der Waals surface area contributed by atoms with E-state index in [1.807, 2.05) is 46.1 Å². The lowest BCUT2D eigenvalue weighted by atomic mass is 9.85. The van der Waals surface area contributed by atoms with Crippen LogP contribution in [0.3, 0.4) is 0 Å². The van der Waals surface area contributed by atoms with Gasteiger partial charge >= 0.3 is 6.18 Å². The molecule has 0 aliphatic carbocycles. The Balaban J connectivity index is 1.10. The summed E-state index contributed by atoms with van der Waals surface area (Å²) in [6.45, 7) is 10.3. The van der Waals surface area contributed by atoms with Gasteiger partial charge in [-0.15, -0.1) is 5.10 Å². The van der Waals surface area contributed by atoms with E-state index in [9.17, 15) is 22.8 Å². The molecule has 9 nitrogen and oxygen atoms in total. The molecule has 0 radical (unpaired) electrons. The van der Waals surface area contributed by atoms with E-state index in [2.05, 4.69) is 22.3 Å². The zero-order chi connectivity index (χ0) is 34.2. The lowest BCUT2D eigenvalue weighted by Gasteiger charge is -2.38. The maximum absolute atomic E-state index is 13.9. The summed E-state index contributed by atoms with van der Waals surface area (Å²) < 4.78 is 44.1. The van der Waals surface area contributed by atoms with Crippen LogP contribution >= 0.6 is 0 Å². The first-order chi connectivity index (χ1) is 22.9. The van der Waals surface area contributed by atoms with Crippen molar-refractivity contribution in [3.8, 4) is 0 Å². The number of nitrogens with zero attached hydrogens (tertiary/aromatic N) is 7. The smallest absolute Gasteiger partial charge is 0.338 e. The number of amides is 2. The molecule has 48 heavy (non-hydrogen) atoms. The molecule has 0 N–H and O–H groups in total. The number of carbonyl (C=O) groups is 2. The van der Waals surface area contributed by atoms with Crippen LogP contribution in [0.25, 0.3) is 0 Å². The SMILES string of the molecule is CCC1(Cc2cccc(C(F)(F)F)c2)CCCN1C(=O)c1cccc(C(=O)N2CCC(n3cc(Cn4nc(C)c(C)c4C)nn3)CC2)c1. The van der Waals surface area contributed by atoms with Crippen LogP contribution in [0.1, 0.15) is 99.6 Å². The third-order valence-electron chi connectivity index (χ3n) is 10.4. The number of benzene rings is 2. The van der Waals surface area contributed by atoms with Crippen molar-refractivity contribution < 1.29 is 22.8 Å². The Morgan fingerprint density at radius 3 is 2.33 bits per heavy atom. The summed E-state index contributed by atoms with van der Waals surface area (Å²) in [5.41, 5.74) is 4.25. The summed E-state index contributed by atoms with van der Waals surface area (Å²) in [5.74, 6) is -0.332. The Kier molecular flexibility index (Phi) is 9.19. The minimum Gasteiger partial charge on any atom is -0.338 e. The normalized spacial score (nSPS) is 18.9. The van der Waals surface area contributed by atoms with E-state index in [1.165, 1.54) is 17.7 Å². The van der Waals surface area contributed by atoms with Gasteiger partial charge in [-0.1, -0.05) is 36.4 Å². The van der Waals surface area contributed by atoms with Gasteiger partial charge in [0.05, 0.1) is 30.0 Å². The molecular formula is C36H42F3N7O2. The molecule has 2 aromatic heterocycles. The van der Waals surface area contributed by atoms with Crippen LogP contribution in [0.4, 0.5) is 13.2 Å². The molecule has 0 saturated carbocycles. The molecule has 2 fully saturated rings. The lowest BCUT2D eigenvalue weighted by molar-refractivity contribution is -0.137. The lowest BCUT2D eigenvalue weighted by Crippen LogP contribution is -2.48. The molecule has 1 atom stereocenters. The van der Waals surface area contributed by atoms with E-state index in [0.717, 1.165) is 42.4 Å². The monoisotopic (exact) mass is 661 g/mol. The first kappa shape index (κ1) is 33.4. The van der Waals surface area contributed by atoms with Gasteiger partial charge in [0.1, 0.15) is 5.69 Å². The van der Waals surface area contributed by atoms with Gasteiger partial charge in [0.2, 0.25) is 0 Å². The zero-order valence-electron chi connectivity index (χ0n) is 27.9. The average molecular weight is 662 g/mol. The number of hydrogen-bond acceptors (Lipinski definition) is 5. The van der Waals surface area contributed by atoms with Crippen LogP contribution in [0.2, 0.25) is 0 Å². The van der Waals surface area contributed by atoms with Crippen LogP contribution in [-0.4, -0.2) is 71.6 Å². The standard InChI is InChI=1S/C36H42F3N7O2/c1-5-35(21-27-9-6-12-30(19-27)36(37,38)39)15-8-16-44(35)34(48)29-11-7-10-28(20-29)33(47)43-17-13-32(14-18-43)46-23-31(40-42-46)22-45-26(4)24(2)25(3)41-45/h6-7,9-12,19-20,23,32H,5,8,13-18,21-22H2,1-4H3. The van der Waals surface area contributed by atoms with E-state index in [-0.39, 0.29) is 17.9 Å². The van der Waals surface area contributed by atoms with Crippen LogP contribution in [-0.2, 0) is 19.1 Å². The van der Waals surface area contributed by atoms with Gasteiger partial charge in [-0.3, -0.25) is 14.3 Å². The highest BCUT2D eigenvalue weighted by Gasteiger charge is 2.43. The molecule has 2 amide bonds. The Hall–Kier alpha value is -4.48. The van der Waals surface area contributed by atoms with Crippen LogP contribution in [0.5, 0.6) is 0 Å². The summed E-state index contributed by atoms with van der Waals surface area (Å²) in [5, 5.41) is 13.4. The second-order valence-electron chi connectivity index (χ2n) is 13.3. The summed E-state index contributed by atoms with van der Waals surface area (Å²) >= 11 is 0. The number of aryl methyl sites for hydroxylation is 1. The first-order valence-corrected chi connectivity index (χ1v) is 16.7.